The molecule has 0 fully saturated rings. The largest absolute Gasteiger partial charge is 0.442 e. The summed E-state index contributed by atoms with van der Waals surface area (Å²) in [6.45, 7) is 3.80. The van der Waals surface area contributed by atoms with Crippen LogP contribution in [0.15, 0.2) is 4.42 Å². The van der Waals surface area contributed by atoms with Crippen molar-refractivity contribution in [3.63, 3.8) is 0 Å². The standard InChI is InChI=1S/C8H12IO4P/c1-3-5-6(4-2)8(13-7(5)9)14(10,11)12/h3-4H2,1-2H3,(H2,10,11,12). The van der Waals surface area contributed by atoms with Gasteiger partial charge in [-0.25, -0.2) is 0 Å². The highest BCUT2D eigenvalue weighted by molar-refractivity contribution is 14.1. The molecule has 0 aliphatic heterocycles. The minimum Gasteiger partial charge on any atom is -0.442 e. The van der Waals surface area contributed by atoms with Gasteiger partial charge in [0.1, 0.15) is 0 Å². The molecule has 0 atom stereocenters. The van der Waals surface area contributed by atoms with Crippen LogP contribution in [0.3, 0.4) is 0 Å². The normalized spacial score (nSPS) is 12.1. The molecule has 6 heteroatoms. The second kappa shape index (κ2) is 4.35. The minimum absolute atomic E-state index is 0.166. The van der Waals surface area contributed by atoms with Crippen molar-refractivity contribution in [1.29, 1.82) is 0 Å². The van der Waals surface area contributed by atoms with Crippen LogP contribution in [0.1, 0.15) is 25.0 Å². The molecule has 80 valence electrons. The molecule has 1 aromatic rings. The Morgan fingerprint density at radius 1 is 1.29 bits per heavy atom. The van der Waals surface area contributed by atoms with Crippen LogP contribution in [0.25, 0.3) is 0 Å². The lowest BCUT2D eigenvalue weighted by Crippen LogP contribution is -2.07. The fourth-order valence-electron chi connectivity index (χ4n) is 1.41. The molecule has 1 heterocycles. The molecular formula is C8H12IO4P. The maximum absolute atomic E-state index is 11.1. The van der Waals surface area contributed by atoms with Crippen LogP contribution in [0, 0.1) is 3.77 Å². The Bertz CT molecular complexity index is 379. The quantitative estimate of drug-likeness (QED) is 0.655. The lowest BCUT2D eigenvalue weighted by Gasteiger charge is -2.02. The van der Waals surface area contributed by atoms with Gasteiger partial charge in [0.2, 0.25) is 5.50 Å². The van der Waals surface area contributed by atoms with Gasteiger partial charge in [-0.2, -0.15) is 0 Å². The molecule has 0 spiro atoms. The maximum atomic E-state index is 11.1. The lowest BCUT2D eigenvalue weighted by atomic mass is 10.1. The molecule has 0 amide bonds. The summed E-state index contributed by atoms with van der Waals surface area (Å²) < 4.78 is 16.8. The number of furan rings is 1. The Balaban J connectivity index is 3.39. The molecule has 0 aromatic carbocycles. The first-order valence-electron chi connectivity index (χ1n) is 4.27. The highest BCUT2D eigenvalue weighted by Gasteiger charge is 2.29. The first-order chi connectivity index (χ1) is 6.41. The van der Waals surface area contributed by atoms with Gasteiger partial charge in [-0.3, -0.25) is 4.57 Å². The van der Waals surface area contributed by atoms with E-state index in [-0.39, 0.29) is 5.50 Å². The van der Waals surface area contributed by atoms with E-state index in [0.717, 1.165) is 12.0 Å². The topological polar surface area (TPSA) is 70.7 Å². The van der Waals surface area contributed by atoms with Crippen LogP contribution in [0.5, 0.6) is 0 Å². The Labute approximate surface area is 96.0 Å². The summed E-state index contributed by atoms with van der Waals surface area (Å²) >= 11 is 1.96. The maximum Gasteiger partial charge on any atom is 0.391 e. The zero-order chi connectivity index (χ0) is 10.9. The lowest BCUT2D eigenvalue weighted by molar-refractivity contribution is 0.374. The molecular weight excluding hydrogens is 318 g/mol. The van der Waals surface area contributed by atoms with Gasteiger partial charge in [0.25, 0.3) is 0 Å². The van der Waals surface area contributed by atoms with E-state index in [4.69, 9.17) is 14.2 Å². The predicted octanol–water partition coefficient (Wildman–Crippen LogP) is 1.81. The van der Waals surface area contributed by atoms with Crippen LogP contribution >= 0.6 is 30.2 Å². The fraction of sp³-hybridized carbons (Fsp3) is 0.500. The molecule has 0 saturated heterocycles. The summed E-state index contributed by atoms with van der Waals surface area (Å²) in [6, 6.07) is 0. The monoisotopic (exact) mass is 330 g/mol. The van der Waals surface area contributed by atoms with Crippen LogP contribution in [0.2, 0.25) is 0 Å². The molecule has 1 rings (SSSR count). The smallest absolute Gasteiger partial charge is 0.391 e. The first-order valence-corrected chi connectivity index (χ1v) is 6.97. The summed E-state index contributed by atoms with van der Waals surface area (Å²) in [5.74, 6) is 0. The molecule has 0 aliphatic carbocycles. The zero-order valence-corrected chi connectivity index (χ0v) is 11.0. The third-order valence-electron chi connectivity index (χ3n) is 2.02. The first kappa shape index (κ1) is 12.2. The fourth-order valence-corrected chi connectivity index (χ4v) is 3.36. The van der Waals surface area contributed by atoms with Crippen molar-refractivity contribution in [1.82, 2.24) is 0 Å². The molecule has 0 bridgehead atoms. The van der Waals surface area contributed by atoms with Crippen molar-refractivity contribution >= 4 is 35.7 Å². The molecule has 2 N–H and O–H groups in total. The van der Waals surface area contributed by atoms with Gasteiger partial charge in [0.15, 0.2) is 3.77 Å². The van der Waals surface area contributed by atoms with Gasteiger partial charge in [0.05, 0.1) is 0 Å². The summed E-state index contributed by atoms with van der Waals surface area (Å²) in [4.78, 5) is 18.1. The van der Waals surface area contributed by atoms with E-state index in [1.807, 2.05) is 36.4 Å². The van der Waals surface area contributed by atoms with Gasteiger partial charge >= 0.3 is 7.60 Å². The van der Waals surface area contributed by atoms with Gasteiger partial charge < -0.3 is 14.2 Å². The summed E-state index contributed by atoms with van der Waals surface area (Å²) in [5, 5.41) is 0. The second-order valence-corrected chi connectivity index (χ2v) is 5.36. The second-order valence-electron chi connectivity index (χ2n) is 2.89. The van der Waals surface area contributed by atoms with E-state index in [0.29, 0.717) is 15.8 Å². The number of hydrogen-bond donors (Lipinski definition) is 2. The Morgan fingerprint density at radius 3 is 2.14 bits per heavy atom. The van der Waals surface area contributed by atoms with Gasteiger partial charge in [-0.05, 0) is 35.4 Å². The number of halogens is 1. The van der Waals surface area contributed by atoms with E-state index in [1.165, 1.54) is 0 Å². The van der Waals surface area contributed by atoms with E-state index in [9.17, 15) is 4.57 Å². The number of rotatable bonds is 3. The average molecular weight is 330 g/mol. The van der Waals surface area contributed by atoms with E-state index >= 15 is 0 Å². The van der Waals surface area contributed by atoms with E-state index < -0.39 is 7.60 Å². The number of hydrogen-bond acceptors (Lipinski definition) is 2. The van der Waals surface area contributed by atoms with Crippen molar-refractivity contribution < 1.29 is 18.8 Å². The highest BCUT2D eigenvalue weighted by Crippen LogP contribution is 2.38. The van der Waals surface area contributed by atoms with Crippen molar-refractivity contribution in [3.05, 3.63) is 14.9 Å². The van der Waals surface area contributed by atoms with Crippen molar-refractivity contribution in [2.24, 2.45) is 0 Å². The van der Waals surface area contributed by atoms with E-state index in [1.54, 1.807) is 0 Å². The van der Waals surface area contributed by atoms with E-state index in [2.05, 4.69) is 0 Å². The third kappa shape index (κ3) is 2.21. The zero-order valence-electron chi connectivity index (χ0n) is 7.95. The van der Waals surface area contributed by atoms with Crippen LogP contribution < -0.4 is 5.50 Å². The SMILES string of the molecule is CCc1c(I)oc(P(=O)(O)O)c1CC. The molecule has 1 aromatic heterocycles. The van der Waals surface area contributed by atoms with Crippen molar-refractivity contribution in [3.8, 4) is 0 Å². The molecule has 0 saturated carbocycles. The van der Waals surface area contributed by atoms with Crippen molar-refractivity contribution in [2.45, 2.75) is 26.7 Å². The van der Waals surface area contributed by atoms with Gasteiger partial charge in [-0.1, -0.05) is 13.8 Å². The van der Waals surface area contributed by atoms with Gasteiger partial charge in [-0.15, -0.1) is 0 Å². The average Bonchev–Trinajstić information content (AvgIpc) is 2.40. The van der Waals surface area contributed by atoms with Crippen LogP contribution in [-0.4, -0.2) is 9.79 Å². The summed E-state index contributed by atoms with van der Waals surface area (Å²) in [5.41, 5.74) is 1.40. The highest BCUT2D eigenvalue weighted by atomic mass is 127. The Morgan fingerprint density at radius 2 is 1.79 bits per heavy atom. The summed E-state index contributed by atoms with van der Waals surface area (Å²) in [7, 11) is -4.26. The minimum atomic E-state index is -4.26. The molecule has 14 heavy (non-hydrogen) atoms. The molecule has 0 unspecified atom stereocenters. The third-order valence-corrected chi connectivity index (χ3v) is 3.78. The summed E-state index contributed by atoms with van der Waals surface area (Å²) in [6.07, 6.45) is 1.31. The van der Waals surface area contributed by atoms with Crippen LogP contribution in [0.4, 0.5) is 0 Å². The molecule has 0 aliphatic rings. The molecule has 0 radical (unpaired) electrons. The van der Waals surface area contributed by atoms with Crippen LogP contribution in [-0.2, 0) is 17.4 Å². The predicted molar refractivity (Wildman–Crippen MR) is 61.9 cm³/mol. The van der Waals surface area contributed by atoms with Crippen molar-refractivity contribution in [2.75, 3.05) is 0 Å². The molecule has 4 nitrogen and oxygen atoms in total. The Kier molecular flexibility index (Phi) is 3.80. The van der Waals surface area contributed by atoms with Gasteiger partial charge in [0, 0.05) is 11.1 Å². The Hall–Kier alpha value is 0.160.